The van der Waals surface area contributed by atoms with Gasteiger partial charge in [0, 0.05) is 6.07 Å². The van der Waals surface area contributed by atoms with Crippen molar-refractivity contribution in [3.05, 3.63) is 18.2 Å². The fourth-order valence-corrected chi connectivity index (χ4v) is 2.78. The summed E-state index contributed by atoms with van der Waals surface area (Å²) in [5.74, 6) is 0.633. The molecule has 0 saturated carbocycles. The summed E-state index contributed by atoms with van der Waals surface area (Å²) in [7, 11) is 0. The first-order valence-corrected chi connectivity index (χ1v) is 7.94. The van der Waals surface area contributed by atoms with Gasteiger partial charge in [0.2, 0.25) is 6.79 Å². The standard InChI is InChI=1S/C17H21NO7/c1-16(2,3)25-15(21)18-8-17(9-18,7-14(19)20)24-11-4-5-12-13(6-11)23-10-22-12/h4-6H,7-10H2,1-3H3,(H,19,20). The van der Waals surface area contributed by atoms with Gasteiger partial charge in [0.25, 0.3) is 0 Å². The molecule has 1 aromatic rings. The van der Waals surface area contributed by atoms with Crippen molar-refractivity contribution in [2.24, 2.45) is 0 Å². The summed E-state index contributed by atoms with van der Waals surface area (Å²) >= 11 is 0. The van der Waals surface area contributed by atoms with Gasteiger partial charge in [0.05, 0.1) is 19.5 Å². The maximum Gasteiger partial charge on any atom is 0.410 e. The highest BCUT2D eigenvalue weighted by molar-refractivity contribution is 5.72. The molecule has 0 unspecified atom stereocenters. The van der Waals surface area contributed by atoms with Crippen molar-refractivity contribution in [3.63, 3.8) is 0 Å². The molecule has 2 heterocycles. The molecule has 0 bridgehead atoms. The number of carbonyl (C=O) groups excluding carboxylic acids is 1. The van der Waals surface area contributed by atoms with Gasteiger partial charge in [-0.1, -0.05) is 0 Å². The highest BCUT2D eigenvalue weighted by atomic mass is 16.7. The van der Waals surface area contributed by atoms with E-state index in [9.17, 15) is 14.7 Å². The number of benzene rings is 1. The average molecular weight is 351 g/mol. The van der Waals surface area contributed by atoms with Crippen LogP contribution < -0.4 is 14.2 Å². The number of carbonyl (C=O) groups is 2. The number of nitrogens with zero attached hydrogens (tertiary/aromatic N) is 1. The Morgan fingerprint density at radius 3 is 2.56 bits per heavy atom. The first-order chi connectivity index (χ1) is 11.7. The third-order valence-corrected chi connectivity index (χ3v) is 3.76. The summed E-state index contributed by atoms with van der Waals surface area (Å²) in [6.45, 7) is 5.76. The van der Waals surface area contributed by atoms with Crippen molar-refractivity contribution in [3.8, 4) is 17.2 Å². The van der Waals surface area contributed by atoms with Gasteiger partial charge < -0.3 is 24.1 Å². The summed E-state index contributed by atoms with van der Waals surface area (Å²) < 4.78 is 21.8. The predicted molar refractivity (Wildman–Crippen MR) is 86.0 cm³/mol. The molecule has 0 radical (unpaired) electrons. The number of likely N-dealkylation sites (tertiary alicyclic amines) is 1. The summed E-state index contributed by atoms with van der Waals surface area (Å²) in [5, 5.41) is 9.20. The Hall–Kier alpha value is -2.64. The third kappa shape index (κ3) is 3.89. The Bertz CT molecular complexity index is 689. The number of carboxylic acid groups (broad SMARTS) is 1. The molecule has 1 amide bonds. The van der Waals surface area contributed by atoms with Crippen LogP contribution in [0.2, 0.25) is 0 Å². The molecule has 0 spiro atoms. The molecule has 3 rings (SSSR count). The molecule has 25 heavy (non-hydrogen) atoms. The lowest BCUT2D eigenvalue weighted by molar-refractivity contribution is -0.149. The van der Waals surface area contributed by atoms with Crippen LogP contribution in [0.25, 0.3) is 0 Å². The number of rotatable bonds is 4. The van der Waals surface area contributed by atoms with Crippen molar-refractivity contribution in [1.82, 2.24) is 4.90 Å². The molecule has 0 atom stereocenters. The zero-order valence-electron chi connectivity index (χ0n) is 14.4. The predicted octanol–water partition coefficient (Wildman–Crippen LogP) is 2.26. The Labute approximate surface area is 145 Å². The lowest BCUT2D eigenvalue weighted by Crippen LogP contribution is -2.67. The van der Waals surface area contributed by atoms with Gasteiger partial charge in [-0.05, 0) is 32.9 Å². The number of hydrogen-bond donors (Lipinski definition) is 1. The van der Waals surface area contributed by atoms with E-state index in [1.807, 2.05) is 0 Å². The summed E-state index contributed by atoms with van der Waals surface area (Å²) in [6, 6.07) is 5.05. The van der Waals surface area contributed by atoms with E-state index in [4.69, 9.17) is 18.9 Å². The lowest BCUT2D eigenvalue weighted by atomic mass is 9.90. The smallest absolute Gasteiger partial charge is 0.410 e. The highest BCUT2D eigenvalue weighted by Crippen LogP contribution is 2.38. The number of ether oxygens (including phenoxy) is 4. The highest BCUT2D eigenvalue weighted by Gasteiger charge is 2.50. The van der Waals surface area contributed by atoms with Crippen molar-refractivity contribution < 1.29 is 33.6 Å². The number of fused-ring (bicyclic) bond motifs is 1. The van der Waals surface area contributed by atoms with Crippen LogP contribution in [0.15, 0.2) is 18.2 Å². The van der Waals surface area contributed by atoms with Gasteiger partial charge in [0.1, 0.15) is 11.4 Å². The fraction of sp³-hybridized carbons (Fsp3) is 0.529. The molecular formula is C17H21NO7. The number of hydrogen-bond acceptors (Lipinski definition) is 6. The Kier molecular flexibility index (Phi) is 4.14. The molecular weight excluding hydrogens is 330 g/mol. The van der Waals surface area contributed by atoms with Gasteiger partial charge in [-0.15, -0.1) is 0 Å². The van der Waals surface area contributed by atoms with E-state index in [0.717, 1.165) is 0 Å². The zero-order chi connectivity index (χ0) is 18.2. The molecule has 0 aliphatic carbocycles. The van der Waals surface area contributed by atoms with Crippen molar-refractivity contribution in [1.29, 1.82) is 0 Å². The summed E-state index contributed by atoms with van der Waals surface area (Å²) in [5.41, 5.74) is -1.60. The van der Waals surface area contributed by atoms with E-state index >= 15 is 0 Å². The SMILES string of the molecule is CC(C)(C)OC(=O)N1CC(CC(=O)O)(Oc2ccc3c(c2)OCO3)C1. The van der Waals surface area contributed by atoms with E-state index in [1.165, 1.54) is 4.90 Å². The van der Waals surface area contributed by atoms with Gasteiger partial charge in [-0.2, -0.15) is 0 Å². The van der Waals surface area contributed by atoms with E-state index < -0.39 is 23.3 Å². The Morgan fingerprint density at radius 1 is 1.24 bits per heavy atom. The van der Waals surface area contributed by atoms with Crippen LogP contribution in [0.5, 0.6) is 17.2 Å². The first-order valence-electron chi connectivity index (χ1n) is 7.94. The van der Waals surface area contributed by atoms with E-state index in [1.54, 1.807) is 39.0 Å². The van der Waals surface area contributed by atoms with Crippen molar-refractivity contribution in [2.75, 3.05) is 19.9 Å². The largest absolute Gasteiger partial charge is 0.483 e. The maximum absolute atomic E-state index is 12.1. The molecule has 136 valence electrons. The van der Waals surface area contributed by atoms with Crippen molar-refractivity contribution in [2.45, 2.75) is 38.4 Å². The number of carboxylic acids is 1. The molecule has 8 heteroatoms. The number of aliphatic carboxylic acids is 1. The quantitative estimate of drug-likeness (QED) is 0.889. The average Bonchev–Trinajstić information content (AvgIpc) is 2.89. The molecule has 8 nitrogen and oxygen atoms in total. The van der Waals surface area contributed by atoms with E-state index in [0.29, 0.717) is 17.2 Å². The Balaban J connectivity index is 1.69. The van der Waals surface area contributed by atoms with Crippen LogP contribution in [-0.4, -0.2) is 53.2 Å². The minimum absolute atomic E-state index is 0.142. The van der Waals surface area contributed by atoms with Crippen LogP contribution in [-0.2, 0) is 9.53 Å². The Morgan fingerprint density at radius 2 is 1.92 bits per heavy atom. The van der Waals surface area contributed by atoms with Gasteiger partial charge in [-0.3, -0.25) is 9.69 Å². The van der Waals surface area contributed by atoms with Gasteiger partial charge in [-0.25, -0.2) is 4.79 Å². The second kappa shape index (κ2) is 6.02. The normalized spacial score (nSPS) is 17.6. The zero-order valence-corrected chi connectivity index (χ0v) is 14.4. The minimum Gasteiger partial charge on any atom is -0.483 e. The van der Waals surface area contributed by atoms with E-state index in [2.05, 4.69) is 0 Å². The molecule has 0 aromatic heterocycles. The second-order valence-electron chi connectivity index (χ2n) is 7.21. The summed E-state index contributed by atoms with van der Waals surface area (Å²) in [6.07, 6.45) is -0.705. The molecule has 1 saturated heterocycles. The topological polar surface area (TPSA) is 94.5 Å². The fourth-order valence-electron chi connectivity index (χ4n) is 2.78. The molecule has 2 aliphatic heterocycles. The number of amides is 1. The monoisotopic (exact) mass is 351 g/mol. The summed E-state index contributed by atoms with van der Waals surface area (Å²) in [4.78, 5) is 24.7. The second-order valence-corrected chi connectivity index (χ2v) is 7.21. The van der Waals surface area contributed by atoms with Crippen LogP contribution in [0.1, 0.15) is 27.2 Å². The molecule has 1 fully saturated rings. The lowest BCUT2D eigenvalue weighted by Gasteiger charge is -2.48. The van der Waals surface area contributed by atoms with Crippen LogP contribution >= 0.6 is 0 Å². The third-order valence-electron chi connectivity index (χ3n) is 3.76. The van der Waals surface area contributed by atoms with Crippen molar-refractivity contribution >= 4 is 12.1 Å². The molecule has 2 aliphatic rings. The van der Waals surface area contributed by atoms with E-state index in [-0.39, 0.29) is 26.3 Å². The van der Waals surface area contributed by atoms with Crippen LogP contribution in [0, 0.1) is 0 Å². The van der Waals surface area contributed by atoms with Gasteiger partial charge in [0.15, 0.2) is 17.1 Å². The van der Waals surface area contributed by atoms with Crippen LogP contribution in [0.4, 0.5) is 4.79 Å². The van der Waals surface area contributed by atoms with Gasteiger partial charge >= 0.3 is 12.1 Å². The first kappa shape index (κ1) is 17.2. The maximum atomic E-state index is 12.1. The molecule has 1 N–H and O–H groups in total. The molecule has 1 aromatic carbocycles. The van der Waals surface area contributed by atoms with Crippen LogP contribution in [0.3, 0.4) is 0 Å². The minimum atomic E-state index is -0.996.